The molecule has 2 aromatic rings. The van der Waals surface area contributed by atoms with Crippen molar-refractivity contribution in [2.45, 2.75) is 76.5 Å². The Labute approximate surface area is 252 Å². The van der Waals surface area contributed by atoms with Crippen molar-refractivity contribution in [2.24, 2.45) is 28.6 Å². The molecule has 4 N–H and O–H groups in total. The number of rotatable bonds is 5. The first kappa shape index (κ1) is 28.7. The van der Waals surface area contributed by atoms with E-state index >= 15 is 0 Å². The van der Waals surface area contributed by atoms with Gasteiger partial charge in [0.2, 0.25) is 0 Å². The molecule has 4 fully saturated rings. The second kappa shape index (κ2) is 9.96. The Bertz CT molecular complexity index is 1550. The van der Waals surface area contributed by atoms with E-state index in [0.717, 1.165) is 35.1 Å². The molecule has 7 heteroatoms. The van der Waals surface area contributed by atoms with Gasteiger partial charge in [0.15, 0.2) is 23.5 Å². The molecule has 5 aliphatic rings. The zero-order valence-electron chi connectivity index (χ0n) is 25.0. The van der Waals surface area contributed by atoms with E-state index < -0.39 is 41.5 Å². The molecular weight excluding hydrogens is 542 g/mol. The van der Waals surface area contributed by atoms with Gasteiger partial charge in [-0.05, 0) is 72.9 Å². The first-order valence-electron chi connectivity index (χ1n) is 15.6. The molecule has 1 heterocycles. The van der Waals surface area contributed by atoms with E-state index in [9.17, 15) is 19.8 Å². The number of carbonyl (C=O) groups is 2. The number of hydrogen-bond donors (Lipinski definition) is 3. The van der Waals surface area contributed by atoms with Crippen LogP contribution in [0.3, 0.4) is 0 Å². The van der Waals surface area contributed by atoms with Crippen molar-refractivity contribution < 1.29 is 29.3 Å². The smallest absolute Gasteiger partial charge is 0.193 e. The van der Waals surface area contributed by atoms with Crippen LogP contribution in [0.5, 0.6) is 0 Å². The van der Waals surface area contributed by atoms with Crippen molar-refractivity contribution in [3.05, 3.63) is 89.0 Å². The fourth-order valence-corrected chi connectivity index (χ4v) is 9.83. The molecule has 226 valence electrons. The molecule has 1 saturated heterocycles. The van der Waals surface area contributed by atoms with Gasteiger partial charge in [-0.25, -0.2) is 0 Å². The number of fused-ring (bicyclic) bond motifs is 7. The van der Waals surface area contributed by atoms with Crippen LogP contribution >= 0.6 is 0 Å². The number of ketones is 2. The maximum absolute atomic E-state index is 13.8. The first-order valence-corrected chi connectivity index (χ1v) is 15.6. The minimum atomic E-state index is -1.37. The Balaban J connectivity index is 1.22. The number of aliphatic hydroxyl groups is 2. The van der Waals surface area contributed by atoms with Gasteiger partial charge in [-0.15, -0.1) is 0 Å². The Morgan fingerprint density at radius 3 is 2.63 bits per heavy atom. The molecule has 0 spiro atoms. The second-order valence-corrected chi connectivity index (χ2v) is 13.9. The van der Waals surface area contributed by atoms with E-state index in [0.29, 0.717) is 18.5 Å². The van der Waals surface area contributed by atoms with Crippen molar-refractivity contribution in [3.8, 4) is 0 Å². The number of ether oxygens (including phenoxy) is 2. The molecule has 7 rings (SSSR count). The normalized spacial score (nSPS) is 40.2. The number of hydrogen-bond acceptors (Lipinski definition) is 7. The van der Waals surface area contributed by atoms with E-state index in [4.69, 9.17) is 15.2 Å². The van der Waals surface area contributed by atoms with Gasteiger partial charge < -0.3 is 25.4 Å². The molecular formula is C36H41NO6. The van der Waals surface area contributed by atoms with Crippen molar-refractivity contribution in [3.63, 3.8) is 0 Å². The van der Waals surface area contributed by atoms with Crippen LogP contribution in [0.25, 0.3) is 0 Å². The highest BCUT2D eigenvalue weighted by atomic mass is 16.7. The Morgan fingerprint density at radius 1 is 1.14 bits per heavy atom. The summed E-state index contributed by atoms with van der Waals surface area (Å²) in [6.07, 6.45) is 5.92. The van der Waals surface area contributed by atoms with E-state index in [1.54, 1.807) is 12.2 Å². The fraction of sp³-hybridized carbons (Fsp3) is 0.500. The molecule has 4 aliphatic carbocycles. The van der Waals surface area contributed by atoms with Gasteiger partial charge in [0.25, 0.3) is 0 Å². The number of benzene rings is 2. The molecule has 0 bridgehead atoms. The van der Waals surface area contributed by atoms with Gasteiger partial charge in [-0.2, -0.15) is 0 Å². The van der Waals surface area contributed by atoms with Crippen LogP contribution in [0.2, 0.25) is 0 Å². The molecule has 3 saturated carbocycles. The van der Waals surface area contributed by atoms with Crippen LogP contribution in [-0.2, 0) is 19.1 Å². The zero-order valence-corrected chi connectivity index (χ0v) is 25.0. The molecule has 0 radical (unpaired) electrons. The maximum Gasteiger partial charge on any atom is 0.193 e. The van der Waals surface area contributed by atoms with Crippen molar-refractivity contribution in [2.75, 3.05) is 12.3 Å². The summed E-state index contributed by atoms with van der Waals surface area (Å²) in [6, 6.07) is 15.9. The number of carbonyl (C=O) groups excluding carboxylic acids is 2. The number of allylic oxidation sites excluding steroid dienone is 4. The SMILES string of the molecule is C[C@@H](c1cccc(N)c1)c1cccc([C@@H]2O[C@@H]3C[C@H]4[C@@H]5CCC6=CC(=O)C=C[C@]6(C)[C@H]5[C@@H](O)C[C@]4(C)[C@]3(C(=O)CO)O2)c1. The average Bonchev–Trinajstić information content (AvgIpc) is 3.49. The molecule has 0 amide bonds. The molecule has 43 heavy (non-hydrogen) atoms. The quantitative estimate of drug-likeness (QED) is 0.423. The number of nitrogens with two attached hydrogens (primary N) is 1. The lowest BCUT2D eigenvalue weighted by Crippen LogP contribution is -2.63. The fourth-order valence-electron chi connectivity index (χ4n) is 9.83. The van der Waals surface area contributed by atoms with Gasteiger partial charge in [-0.3, -0.25) is 9.59 Å². The summed E-state index contributed by atoms with van der Waals surface area (Å²) >= 11 is 0. The van der Waals surface area contributed by atoms with E-state index in [1.807, 2.05) is 36.4 Å². The van der Waals surface area contributed by atoms with Crippen LogP contribution in [0.1, 0.15) is 75.4 Å². The Morgan fingerprint density at radius 2 is 1.88 bits per heavy atom. The summed E-state index contributed by atoms with van der Waals surface area (Å²) in [7, 11) is 0. The van der Waals surface area contributed by atoms with E-state index in [-0.39, 0.29) is 35.2 Å². The van der Waals surface area contributed by atoms with Crippen LogP contribution in [0.4, 0.5) is 5.69 Å². The van der Waals surface area contributed by atoms with Gasteiger partial charge in [0.1, 0.15) is 6.61 Å². The van der Waals surface area contributed by atoms with E-state index in [2.05, 4.69) is 39.0 Å². The van der Waals surface area contributed by atoms with Crippen molar-refractivity contribution in [1.82, 2.24) is 0 Å². The van der Waals surface area contributed by atoms with Gasteiger partial charge in [0, 0.05) is 33.9 Å². The largest absolute Gasteiger partial charge is 0.399 e. The maximum atomic E-state index is 13.8. The average molecular weight is 584 g/mol. The number of nitrogen functional groups attached to an aromatic ring is 1. The van der Waals surface area contributed by atoms with Crippen LogP contribution in [-0.4, -0.2) is 46.2 Å². The van der Waals surface area contributed by atoms with E-state index in [1.165, 1.54) is 0 Å². The van der Waals surface area contributed by atoms with Crippen molar-refractivity contribution in [1.29, 1.82) is 0 Å². The highest BCUT2D eigenvalue weighted by molar-refractivity contribution is 6.01. The minimum absolute atomic E-state index is 0.00293. The predicted molar refractivity (Wildman–Crippen MR) is 162 cm³/mol. The summed E-state index contributed by atoms with van der Waals surface area (Å²) in [4.78, 5) is 26.0. The second-order valence-electron chi connectivity index (χ2n) is 13.9. The third-order valence-corrected chi connectivity index (χ3v) is 11.9. The third-order valence-electron chi connectivity index (χ3n) is 11.9. The van der Waals surface area contributed by atoms with Crippen LogP contribution in [0.15, 0.2) is 72.3 Å². The highest BCUT2D eigenvalue weighted by Crippen LogP contribution is 2.70. The molecule has 7 nitrogen and oxygen atoms in total. The Kier molecular flexibility index (Phi) is 6.64. The number of anilines is 1. The topological polar surface area (TPSA) is 119 Å². The van der Waals surface area contributed by atoms with Crippen molar-refractivity contribution >= 4 is 17.3 Å². The summed E-state index contributed by atoms with van der Waals surface area (Å²) in [5.41, 5.74) is 8.34. The molecule has 0 unspecified atom stereocenters. The third kappa shape index (κ3) is 4.01. The van der Waals surface area contributed by atoms with Crippen LogP contribution in [0, 0.1) is 28.6 Å². The number of aliphatic hydroxyl groups excluding tert-OH is 2. The first-order chi connectivity index (χ1) is 20.5. The molecule has 0 aromatic heterocycles. The van der Waals surface area contributed by atoms with Gasteiger partial charge >= 0.3 is 0 Å². The number of Topliss-reactive ketones (excluding diaryl/α,β-unsaturated/α-hetero) is 1. The highest BCUT2D eigenvalue weighted by Gasteiger charge is 2.75. The molecule has 10 atom stereocenters. The van der Waals surface area contributed by atoms with Crippen LogP contribution < -0.4 is 5.73 Å². The molecule has 2 aromatic carbocycles. The molecule has 1 aliphatic heterocycles. The Hall–Kier alpha value is -3.10. The zero-order chi connectivity index (χ0) is 30.3. The standard InChI is InChI=1S/C36H41NO6/c1-20(22-7-5-9-25(37)15-22)21-6-4-8-23(14-21)33-42-31-17-28-27-11-10-24-16-26(39)12-13-34(24,2)32(27)29(40)18-35(28,3)36(31,43-33)30(41)19-38/h4-9,12-16,20,27-29,31-33,38,40H,10-11,17-19,37H2,1-3H3/t20-,27+,28+,29+,31-,32-,33-,34+,35+,36-/m1/s1. The lowest BCUT2D eigenvalue weighted by atomic mass is 9.46. The van der Waals surface area contributed by atoms with Gasteiger partial charge in [-0.1, -0.05) is 68.8 Å². The summed E-state index contributed by atoms with van der Waals surface area (Å²) in [6.45, 7) is 5.67. The summed E-state index contributed by atoms with van der Waals surface area (Å²) in [5, 5.41) is 22.1. The predicted octanol–water partition coefficient (Wildman–Crippen LogP) is 5.02. The lowest BCUT2D eigenvalue weighted by Gasteiger charge is -2.59. The monoisotopic (exact) mass is 583 g/mol. The summed E-state index contributed by atoms with van der Waals surface area (Å²) in [5.74, 6) is -0.192. The lowest BCUT2D eigenvalue weighted by molar-refractivity contribution is -0.201. The minimum Gasteiger partial charge on any atom is -0.399 e. The summed E-state index contributed by atoms with van der Waals surface area (Å²) < 4.78 is 13.4. The van der Waals surface area contributed by atoms with Gasteiger partial charge in [0.05, 0.1) is 12.2 Å².